The van der Waals surface area contributed by atoms with Gasteiger partial charge in [0.2, 0.25) is 0 Å². The summed E-state index contributed by atoms with van der Waals surface area (Å²) >= 11 is 0. The minimum atomic E-state index is 0.242. The number of phenolic OH excluding ortho intramolecular Hbond substituents is 1. The number of hydrogen-bond donors (Lipinski definition) is 1. The fraction of sp³-hybridized carbons (Fsp3) is 0.0714. The molecule has 3 rings (SSSR count). The molecule has 0 aliphatic rings. The van der Waals surface area contributed by atoms with E-state index in [9.17, 15) is 5.11 Å². The van der Waals surface area contributed by atoms with E-state index in [1.54, 1.807) is 6.07 Å². The predicted octanol–water partition coefficient (Wildman–Crippen LogP) is 3.40. The molecule has 0 fully saturated rings. The molecule has 16 heavy (non-hydrogen) atoms. The van der Waals surface area contributed by atoms with Crippen LogP contribution in [0.3, 0.4) is 0 Å². The predicted molar refractivity (Wildman–Crippen MR) is 65.7 cm³/mol. The summed E-state index contributed by atoms with van der Waals surface area (Å²) in [6.07, 6.45) is 0. The van der Waals surface area contributed by atoms with Crippen molar-refractivity contribution in [3.63, 3.8) is 0 Å². The van der Waals surface area contributed by atoms with E-state index in [0.717, 1.165) is 21.9 Å². The molecule has 1 heterocycles. The highest BCUT2D eigenvalue weighted by Crippen LogP contribution is 2.29. The van der Waals surface area contributed by atoms with Crippen molar-refractivity contribution >= 4 is 21.8 Å². The molecule has 3 aromatic rings. The van der Waals surface area contributed by atoms with Gasteiger partial charge in [-0.1, -0.05) is 30.3 Å². The molecule has 1 N–H and O–H groups in total. The highest BCUT2D eigenvalue weighted by atomic mass is 16.3. The first-order chi connectivity index (χ1) is 7.77. The maximum absolute atomic E-state index is 9.79. The summed E-state index contributed by atoms with van der Waals surface area (Å²) in [4.78, 5) is 4.49. The lowest BCUT2D eigenvalue weighted by atomic mass is 10.0. The molecule has 78 valence electrons. The van der Waals surface area contributed by atoms with Gasteiger partial charge in [-0.3, -0.25) is 0 Å². The quantitative estimate of drug-likeness (QED) is 0.575. The Morgan fingerprint density at radius 3 is 2.56 bits per heavy atom. The first-order valence-corrected chi connectivity index (χ1v) is 5.24. The van der Waals surface area contributed by atoms with Crippen LogP contribution >= 0.6 is 0 Å². The van der Waals surface area contributed by atoms with Gasteiger partial charge in [0.1, 0.15) is 11.3 Å². The maximum Gasteiger partial charge on any atom is 0.141 e. The lowest BCUT2D eigenvalue weighted by Gasteiger charge is -2.07. The second kappa shape index (κ2) is 3.20. The van der Waals surface area contributed by atoms with Crippen LogP contribution in [-0.2, 0) is 0 Å². The number of nitrogens with zero attached hydrogens (tertiary/aromatic N) is 1. The second-order valence-electron chi connectivity index (χ2n) is 3.93. The number of benzene rings is 2. The van der Waals surface area contributed by atoms with Gasteiger partial charge in [0.25, 0.3) is 0 Å². The molecule has 0 amide bonds. The monoisotopic (exact) mass is 209 g/mol. The van der Waals surface area contributed by atoms with Gasteiger partial charge in [0, 0.05) is 10.8 Å². The van der Waals surface area contributed by atoms with Crippen LogP contribution in [0.15, 0.2) is 42.5 Å². The third kappa shape index (κ3) is 1.16. The van der Waals surface area contributed by atoms with E-state index < -0.39 is 0 Å². The molecule has 0 unspecified atom stereocenters. The zero-order valence-corrected chi connectivity index (χ0v) is 8.94. The van der Waals surface area contributed by atoms with E-state index in [1.165, 1.54) is 0 Å². The minimum Gasteiger partial charge on any atom is -0.506 e. The lowest BCUT2D eigenvalue weighted by molar-refractivity contribution is 0.480. The molecule has 0 aliphatic heterocycles. The lowest BCUT2D eigenvalue weighted by Crippen LogP contribution is -1.87. The van der Waals surface area contributed by atoms with Gasteiger partial charge in [-0.2, -0.15) is 0 Å². The fourth-order valence-electron chi connectivity index (χ4n) is 2.11. The maximum atomic E-state index is 9.79. The summed E-state index contributed by atoms with van der Waals surface area (Å²) in [5, 5.41) is 11.9. The van der Waals surface area contributed by atoms with Crippen LogP contribution < -0.4 is 0 Å². The van der Waals surface area contributed by atoms with E-state index >= 15 is 0 Å². The number of aromatic hydroxyl groups is 1. The number of rotatable bonds is 0. The van der Waals surface area contributed by atoms with Crippen LogP contribution in [0, 0.1) is 6.92 Å². The Kier molecular flexibility index (Phi) is 1.83. The van der Waals surface area contributed by atoms with Crippen LogP contribution in [-0.4, -0.2) is 10.1 Å². The van der Waals surface area contributed by atoms with Crippen molar-refractivity contribution < 1.29 is 5.11 Å². The summed E-state index contributed by atoms with van der Waals surface area (Å²) in [6, 6.07) is 13.5. The molecular weight excluding hydrogens is 198 g/mol. The van der Waals surface area contributed by atoms with Crippen LogP contribution in [0.1, 0.15) is 5.56 Å². The Labute approximate surface area is 93.2 Å². The summed E-state index contributed by atoms with van der Waals surface area (Å²) < 4.78 is 0. The molecule has 0 spiro atoms. The Balaban J connectivity index is 2.61. The molecular formula is C14H11NO. The standard InChI is InChI=1S/C14H11NO/c1-9-10-5-2-3-7-12(10)15-14-11(9)6-4-8-13(14)16/h2-8,16H,1H3. The number of fused-ring (bicyclic) bond motifs is 2. The van der Waals surface area contributed by atoms with Gasteiger partial charge in [-0.05, 0) is 24.6 Å². The van der Waals surface area contributed by atoms with Gasteiger partial charge in [0.05, 0.1) is 5.52 Å². The molecule has 0 saturated heterocycles. The van der Waals surface area contributed by atoms with Crippen molar-refractivity contribution in [2.45, 2.75) is 6.92 Å². The Morgan fingerprint density at radius 1 is 0.938 bits per heavy atom. The third-order valence-electron chi connectivity index (χ3n) is 2.96. The van der Waals surface area contributed by atoms with E-state index in [1.807, 2.05) is 30.3 Å². The smallest absolute Gasteiger partial charge is 0.141 e. The van der Waals surface area contributed by atoms with Crippen LogP contribution in [0.4, 0.5) is 0 Å². The van der Waals surface area contributed by atoms with Gasteiger partial charge < -0.3 is 5.11 Å². The van der Waals surface area contributed by atoms with Crippen molar-refractivity contribution in [1.29, 1.82) is 0 Å². The van der Waals surface area contributed by atoms with Gasteiger partial charge >= 0.3 is 0 Å². The van der Waals surface area contributed by atoms with E-state index in [2.05, 4.69) is 18.0 Å². The normalized spacial score (nSPS) is 11.1. The summed E-state index contributed by atoms with van der Waals surface area (Å²) in [5.41, 5.74) is 2.77. The second-order valence-corrected chi connectivity index (χ2v) is 3.93. The fourth-order valence-corrected chi connectivity index (χ4v) is 2.11. The molecule has 2 aromatic carbocycles. The topological polar surface area (TPSA) is 33.1 Å². The van der Waals surface area contributed by atoms with Gasteiger partial charge in [-0.15, -0.1) is 0 Å². The number of aryl methyl sites for hydroxylation is 1. The van der Waals surface area contributed by atoms with E-state index in [-0.39, 0.29) is 5.75 Å². The first kappa shape index (κ1) is 9.16. The SMILES string of the molecule is Cc1c2ccccc2nc2c(O)cccc12. The summed E-state index contributed by atoms with van der Waals surface area (Å²) in [5.74, 6) is 0.242. The average Bonchev–Trinajstić information content (AvgIpc) is 2.31. The van der Waals surface area contributed by atoms with Crippen molar-refractivity contribution in [2.75, 3.05) is 0 Å². The first-order valence-electron chi connectivity index (χ1n) is 5.24. The molecule has 0 bridgehead atoms. The average molecular weight is 209 g/mol. The molecule has 0 atom stereocenters. The highest BCUT2D eigenvalue weighted by Gasteiger charge is 2.07. The van der Waals surface area contributed by atoms with E-state index in [0.29, 0.717) is 5.52 Å². The Hall–Kier alpha value is -2.09. The summed E-state index contributed by atoms with van der Waals surface area (Å²) in [6.45, 7) is 2.06. The van der Waals surface area contributed by atoms with E-state index in [4.69, 9.17) is 0 Å². The van der Waals surface area contributed by atoms with Crippen molar-refractivity contribution in [1.82, 2.24) is 4.98 Å². The largest absolute Gasteiger partial charge is 0.506 e. The zero-order valence-electron chi connectivity index (χ0n) is 8.94. The molecule has 0 radical (unpaired) electrons. The number of pyridine rings is 1. The van der Waals surface area contributed by atoms with Crippen LogP contribution in [0.25, 0.3) is 21.8 Å². The molecule has 2 heteroatoms. The number of hydrogen-bond acceptors (Lipinski definition) is 2. The van der Waals surface area contributed by atoms with Crippen LogP contribution in [0.2, 0.25) is 0 Å². The zero-order chi connectivity index (χ0) is 11.1. The van der Waals surface area contributed by atoms with Crippen molar-refractivity contribution in [3.05, 3.63) is 48.0 Å². The van der Waals surface area contributed by atoms with Crippen LogP contribution in [0.5, 0.6) is 5.75 Å². The number of aromatic nitrogens is 1. The minimum absolute atomic E-state index is 0.242. The number of phenols is 1. The highest BCUT2D eigenvalue weighted by molar-refractivity contribution is 5.99. The molecule has 2 nitrogen and oxygen atoms in total. The Bertz CT molecular complexity index is 689. The Morgan fingerprint density at radius 2 is 1.69 bits per heavy atom. The van der Waals surface area contributed by atoms with Gasteiger partial charge in [0.15, 0.2) is 0 Å². The molecule has 0 aliphatic carbocycles. The number of para-hydroxylation sites is 2. The molecule has 1 aromatic heterocycles. The van der Waals surface area contributed by atoms with Gasteiger partial charge in [-0.25, -0.2) is 4.98 Å². The third-order valence-corrected chi connectivity index (χ3v) is 2.96. The summed E-state index contributed by atoms with van der Waals surface area (Å²) in [7, 11) is 0. The van der Waals surface area contributed by atoms with Crippen molar-refractivity contribution in [2.24, 2.45) is 0 Å². The molecule has 0 saturated carbocycles. The van der Waals surface area contributed by atoms with Crippen molar-refractivity contribution in [3.8, 4) is 5.75 Å².